The molecule has 0 bridgehead atoms. The lowest BCUT2D eigenvalue weighted by Crippen LogP contribution is -2.37. The Hall–Kier alpha value is -2.74. The van der Waals surface area contributed by atoms with Crippen LogP contribution in [0.5, 0.6) is 6.01 Å². The summed E-state index contributed by atoms with van der Waals surface area (Å²) < 4.78 is 11.0. The summed E-state index contributed by atoms with van der Waals surface area (Å²) in [4.78, 5) is 26.1. The summed E-state index contributed by atoms with van der Waals surface area (Å²) in [5.41, 5.74) is 8.58. The third-order valence-corrected chi connectivity index (χ3v) is 4.21. The van der Waals surface area contributed by atoms with Crippen molar-refractivity contribution in [3.05, 3.63) is 34.9 Å². The van der Waals surface area contributed by atoms with E-state index in [1.807, 2.05) is 30.0 Å². The molecule has 0 unspecified atom stereocenters. The minimum absolute atomic E-state index is 0. The monoisotopic (exact) mass is 373 g/mol. The highest BCUT2D eigenvalue weighted by Gasteiger charge is 2.16. The molecule has 0 saturated carbocycles. The van der Waals surface area contributed by atoms with Crippen LogP contribution in [0, 0.1) is 6.92 Å². The number of Topliss-reactive ketones (excluding diaryl/α,β-unsaturated/α-hetero) is 1. The Morgan fingerprint density at radius 1 is 1.26 bits per heavy atom. The first-order valence-corrected chi connectivity index (χ1v) is 8.60. The van der Waals surface area contributed by atoms with E-state index >= 15 is 0 Å². The predicted octanol–water partition coefficient (Wildman–Crippen LogP) is 2.06. The molecule has 0 amide bonds. The Morgan fingerprint density at radius 3 is 2.67 bits per heavy atom. The van der Waals surface area contributed by atoms with Crippen LogP contribution in [0.1, 0.15) is 35.8 Å². The van der Waals surface area contributed by atoms with E-state index in [0.29, 0.717) is 45.3 Å². The van der Waals surface area contributed by atoms with E-state index in [0.717, 1.165) is 16.7 Å². The number of ketones is 1. The third kappa shape index (κ3) is 5.37. The maximum absolute atomic E-state index is 11.5. The number of hydrogen-bond acceptors (Lipinski definition) is 8. The summed E-state index contributed by atoms with van der Waals surface area (Å²) in [5, 5.41) is 0. The molecule has 2 N–H and O–H groups in total. The molecule has 1 aliphatic heterocycles. The topological polar surface area (TPSA) is 103 Å². The second kappa shape index (κ2) is 9.27. The fourth-order valence-electron chi connectivity index (χ4n) is 2.87. The van der Waals surface area contributed by atoms with Crippen LogP contribution < -0.4 is 15.4 Å². The second-order valence-corrected chi connectivity index (χ2v) is 6.18. The molecule has 0 radical (unpaired) electrons. The number of rotatable bonds is 6. The zero-order valence-electron chi connectivity index (χ0n) is 15.1. The van der Waals surface area contributed by atoms with Gasteiger partial charge in [0.25, 0.3) is 0 Å². The van der Waals surface area contributed by atoms with Crippen molar-refractivity contribution in [1.82, 2.24) is 15.0 Å². The molecule has 0 aliphatic carbocycles. The zero-order valence-corrected chi connectivity index (χ0v) is 15.1. The summed E-state index contributed by atoms with van der Waals surface area (Å²) in [6.45, 7) is 6.61. The fraction of sp³-hybridized carbons (Fsp3) is 0.474. The van der Waals surface area contributed by atoms with E-state index in [4.69, 9.17) is 15.2 Å². The number of carbonyl (C=O) groups excluding carboxylic acids is 1. The number of nitrogens with two attached hydrogens (primary N) is 1. The largest absolute Gasteiger partial charge is 0.463 e. The van der Waals surface area contributed by atoms with Crippen LogP contribution in [0.4, 0.5) is 11.9 Å². The van der Waals surface area contributed by atoms with Crippen molar-refractivity contribution < 1.29 is 14.3 Å². The minimum Gasteiger partial charge on any atom is -0.463 e. The number of carbonyl (C=O) groups is 1. The van der Waals surface area contributed by atoms with Crippen molar-refractivity contribution in [1.29, 1.82) is 0 Å². The van der Waals surface area contributed by atoms with Gasteiger partial charge in [0.05, 0.1) is 19.8 Å². The summed E-state index contributed by atoms with van der Waals surface area (Å²) in [7, 11) is 0. The molecule has 0 atom stereocenters. The first-order valence-electron chi connectivity index (χ1n) is 8.60. The summed E-state index contributed by atoms with van der Waals surface area (Å²) in [5.74, 6) is 0.720. The average molecular weight is 373 g/mol. The quantitative estimate of drug-likeness (QED) is 0.768. The molecule has 2 heterocycles. The molecule has 0 spiro atoms. The number of nitrogens with zero attached hydrogens (tertiary/aromatic N) is 4. The van der Waals surface area contributed by atoms with E-state index in [1.165, 1.54) is 0 Å². The number of hydrogen-bond donors (Lipinski definition) is 1. The van der Waals surface area contributed by atoms with Crippen molar-refractivity contribution in [2.75, 3.05) is 43.5 Å². The Kier molecular flexibility index (Phi) is 7.06. The Balaban J connectivity index is 0.00000261. The number of aryl methyl sites for hydroxylation is 1. The van der Waals surface area contributed by atoms with Gasteiger partial charge in [-0.1, -0.05) is 25.6 Å². The number of aromatic nitrogens is 3. The molecule has 3 rings (SSSR count). The molecule has 1 fully saturated rings. The van der Waals surface area contributed by atoms with Crippen LogP contribution in [-0.4, -0.2) is 53.6 Å². The molecule has 8 heteroatoms. The average Bonchev–Trinajstić information content (AvgIpc) is 2.62. The molecule has 146 valence electrons. The normalized spacial score (nSPS) is 13.8. The van der Waals surface area contributed by atoms with Crippen LogP contribution in [0.25, 0.3) is 0 Å². The van der Waals surface area contributed by atoms with E-state index in [1.54, 1.807) is 6.92 Å². The van der Waals surface area contributed by atoms with Gasteiger partial charge in [-0.2, -0.15) is 15.0 Å². The van der Waals surface area contributed by atoms with Gasteiger partial charge in [-0.05, 0) is 25.0 Å². The van der Waals surface area contributed by atoms with Gasteiger partial charge in [0, 0.05) is 25.1 Å². The third-order valence-electron chi connectivity index (χ3n) is 4.21. The fourth-order valence-corrected chi connectivity index (χ4v) is 2.87. The number of nitrogen functional groups attached to an aromatic ring is 1. The molecule has 27 heavy (non-hydrogen) atoms. The number of ether oxygens (including phenoxy) is 2. The predicted molar refractivity (Wildman–Crippen MR) is 104 cm³/mol. The molecule has 1 aromatic heterocycles. The van der Waals surface area contributed by atoms with Crippen molar-refractivity contribution in [3.8, 4) is 6.01 Å². The SMILES string of the molecule is C.CC(=O)c1ccc(CCOc2nc(N)nc(N3CCOCC3)n2)cc1C. The first-order chi connectivity index (χ1) is 12.5. The van der Waals surface area contributed by atoms with E-state index in [9.17, 15) is 4.79 Å². The summed E-state index contributed by atoms with van der Waals surface area (Å²) in [6, 6.07) is 6.01. The smallest absolute Gasteiger partial charge is 0.323 e. The Labute approximate surface area is 159 Å². The molecular formula is C19H27N5O3. The van der Waals surface area contributed by atoms with Gasteiger partial charge in [-0.3, -0.25) is 4.79 Å². The van der Waals surface area contributed by atoms with Gasteiger partial charge in [0.2, 0.25) is 11.9 Å². The summed E-state index contributed by atoms with van der Waals surface area (Å²) >= 11 is 0. The number of morpholine rings is 1. The Bertz CT molecular complexity index is 791. The molecular weight excluding hydrogens is 346 g/mol. The van der Waals surface area contributed by atoms with Gasteiger partial charge >= 0.3 is 6.01 Å². The van der Waals surface area contributed by atoms with Crippen molar-refractivity contribution in [2.45, 2.75) is 27.7 Å². The number of benzene rings is 1. The van der Waals surface area contributed by atoms with Crippen LogP contribution in [0.15, 0.2) is 18.2 Å². The maximum atomic E-state index is 11.5. The van der Waals surface area contributed by atoms with Gasteiger partial charge in [0.1, 0.15) is 0 Å². The highest BCUT2D eigenvalue weighted by Crippen LogP contribution is 2.16. The molecule has 8 nitrogen and oxygen atoms in total. The highest BCUT2D eigenvalue weighted by atomic mass is 16.5. The summed E-state index contributed by atoms with van der Waals surface area (Å²) in [6.07, 6.45) is 0.678. The molecule has 1 aliphatic rings. The van der Waals surface area contributed by atoms with Crippen molar-refractivity contribution in [3.63, 3.8) is 0 Å². The molecule has 1 aromatic carbocycles. The van der Waals surface area contributed by atoms with Crippen LogP contribution in [-0.2, 0) is 11.2 Å². The van der Waals surface area contributed by atoms with E-state index in [-0.39, 0.29) is 25.2 Å². The minimum atomic E-state index is 0. The van der Waals surface area contributed by atoms with E-state index < -0.39 is 0 Å². The molecule has 2 aromatic rings. The highest BCUT2D eigenvalue weighted by molar-refractivity contribution is 5.95. The van der Waals surface area contributed by atoms with Crippen molar-refractivity contribution in [2.24, 2.45) is 0 Å². The van der Waals surface area contributed by atoms with Gasteiger partial charge in [0.15, 0.2) is 5.78 Å². The van der Waals surface area contributed by atoms with Gasteiger partial charge < -0.3 is 20.1 Å². The van der Waals surface area contributed by atoms with Crippen LogP contribution >= 0.6 is 0 Å². The second-order valence-electron chi connectivity index (χ2n) is 6.18. The Morgan fingerprint density at radius 2 is 2.00 bits per heavy atom. The zero-order chi connectivity index (χ0) is 18.5. The first kappa shape index (κ1) is 20.6. The van der Waals surface area contributed by atoms with Crippen LogP contribution in [0.3, 0.4) is 0 Å². The maximum Gasteiger partial charge on any atom is 0.323 e. The lowest BCUT2D eigenvalue weighted by molar-refractivity contribution is 0.101. The van der Waals surface area contributed by atoms with Gasteiger partial charge in [-0.15, -0.1) is 0 Å². The number of anilines is 2. The molecule has 1 saturated heterocycles. The van der Waals surface area contributed by atoms with E-state index in [2.05, 4.69) is 15.0 Å². The van der Waals surface area contributed by atoms with Crippen molar-refractivity contribution >= 4 is 17.7 Å². The lowest BCUT2D eigenvalue weighted by atomic mass is 10.0. The standard InChI is InChI=1S/C18H23N5O3.CH4/c1-12-11-14(3-4-15(12)13(2)24)5-8-26-18-21-16(19)20-17(22-18)23-6-9-25-10-7-23;/h3-4,11H,5-10H2,1-2H3,(H2,19,20,21,22);1H4. The van der Waals surface area contributed by atoms with Gasteiger partial charge in [-0.25, -0.2) is 0 Å². The van der Waals surface area contributed by atoms with Crippen LogP contribution in [0.2, 0.25) is 0 Å². The lowest BCUT2D eigenvalue weighted by Gasteiger charge is -2.26.